The maximum atomic E-state index is 5.75. The third kappa shape index (κ3) is 2.88. The summed E-state index contributed by atoms with van der Waals surface area (Å²) in [6, 6.07) is 10.1. The molecule has 1 N–H and O–H groups in total. The summed E-state index contributed by atoms with van der Waals surface area (Å²) in [7, 11) is 0. The van der Waals surface area contributed by atoms with Crippen molar-refractivity contribution in [3.05, 3.63) is 30.3 Å². The van der Waals surface area contributed by atoms with Crippen molar-refractivity contribution in [2.24, 2.45) is 5.10 Å². The molecule has 0 bridgehead atoms. The normalized spacial score (nSPS) is 19.5. The molecular weight excluding hydrogens is 277 g/mol. The van der Waals surface area contributed by atoms with Crippen molar-refractivity contribution >= 4 is 37.4 Å². The summed E-state index contributed by atoms with van der Waals surface area (Å²) in [5.74, 6) is 0.683. The summed E-state index contributed by atoms with van der Waals surface area (Å²) in [4.78, 5) is 0.440. The Balaban J connectivity index is 1.96. The van der Waals surface area contributed by atoms with E-state index < -0.39 is 0 Å². The number of hydrazone groups is 1. The van der Waals surface area contributed by atoms with Crippen LogP contribution in [0.3, 0.4) is 0 Å². The van der Waals surface area contributed by atoms with Crippen LogP contribution in [0.1, 0.15) is 6.42 Å². The Morgan fingerprint density at radius 2 is 2.20 bits per heavy atom. The second-order valence-corrected chi connectivity index (χ2v) is 5.64. The number of halogens is 1. The Kier molecular flexibility index (Phi) is 3.89. The van der Waals surface area contributed by atoms with Crippen LogP contribution in [0.2, 0.25) is 0 Å². The molecule has 5 heteroatoms. The summed E-state index contributed by atoms with van der Waals surface area (Å²) >= 11 is 6.18. The zero-order chi connectivity index (χ0) is 10.5. The number of alkyl halides is 1. The molecule has 3 nitrogen and oxygen atoms in total. The molecule has 1 aliphatic heterocycles. The molecule has 0 amide bonds. The Morgan fingerprint density at radius 1 is 1.40 bits per heavy atom. The van der Waals surface area contributed by atoms with E-state index >= 15 is 0 Å². The van der Waals surface area contributed by atoms with E-state index in [1.165, 1.54) is 0 Å². The monoisotopic (exact) mass is 289 g/mol. The second-order valence-electron chi connectivity index (χ2n) is 3.11. The number of anilines is 1. The van der Waals surface area contributed by atoms with Crippen molar-refractivity contribution in [2.75, 3.05) is 11.3 Å². The Labute approximate surface area is 101 Å². The van der Waals surface area contributed by atoms with Crippen molar-refractivity contribution in [1.82, 2.24) is 5.12 Å². The van der Waals surface area contributed by atoms with Crippen molar-refractivity contribution in [1.29, 1.82) is 0 Å². The SMILES string of the molecule is ClCCC1[Se]C=NN1Nc1ccccc1. The van der Waals surface area contributed by atoms with Gasteiger partial charge in [-0.2, -0.15) is 0 Å². The summed E-state index contributed by atoms with van der Waals surface area (Å²) in [5.41, 5.74) is 4.33. The third-order valence-corrected chi connectivity index (χ3v) is 4.28. The van der Waals surface area contributed by atoms with Crippen molar-refractivity contribution in [3.8, 4) is 0 Å². The fraction of sp³-hybridized carbons (Fsp3) is 0.300. The molecule has 0 fully saturated rings. The topological polar surface area (TPSA) is 27.6 Å². The molecule has 15 heavy (non-hydrogen) atoms. The quantitative estimate of drug-likeness (QED) is 0.677. The summed E-state index contributed by atoms with van der Waals surface area (Å²) in [6.45, 7) is 0. The number of hydrogen-bond donors (Lipinski definition) is 1. The van der Waals surface area contributed by atoms with Crippen LogP contribution in [0.15, 0.2) is 35.4 Å². The maximum absolute atomic E-state index is 5.75. The minimum absolute atomic E-state index is 0.427. The van der Waals surface area contributed by atoms with Gasteiger partial charge in [-0.1, -0.05) is 0 Å². The standard InChI is InChI=1S/C10H12ClN3Se/c11-7-6-10-14(12-8-15-10)13-9-4-2-1-3-5-9/h1-5,8,10,13H,6-7H2. The molecule has 2 rings (SSSR count). The van der Waals surface area contributed by atoms with Gasteiger partial charge in [-0.25, -0.2) is 0 Å². The minimum atomic E-state index is 0.427. The Morgan fingerprint density at radius 3 is 2.93 bits per heavy atom. The van der Waals surface area contributed by atoms with E-state index in [1.807, 2.05) is 40.6 Å². The van der Waals surface area contributed by atoms with Gasteiger partial charge in [0, 0.05) is 0 Å². The van der Waals surface area contributed by atoms with Crippen LogP contribution in [0.25, 0.3) is 0 Å². The van der Waals surface area contributed by atoms with Gasteiger partial charge in [0.15, 0.2) is 0 Å². The molecule has 1 heterocycles. The first-order valence-corrected chi connectivity index (χ1v) is 7.26. The number of nitrogens with zero attached hydrogens (tertiary/aromatic N) is 2. The van der Waals surface area contributed by atoms with E-state index in [1.54, 1.807) is 0 Å². The predicted molar refractivity (Wildman–Crippen MR) is 65.3 cm³/mol. The second kappa shape index (κ2) is 5.40. The molecule has 1 atom stereocenters. The number of para-hydroxylation sites is 1. The molecular formula is C10H12ClN3Se. The summed E-state index contributed by atoms with van der Waals surface area (Å²) < 4.78 is 0. The first kappa shape index (κ1) is 10.8. The molecule has 0 spiro atoms. The summed E-state index contributed by atoms with van der Waals surface area (Å²) in [6.07, 6.45) is 0.974. The number of hydrazine groups is 1. The van der Waals surface area contributed by atoms with Gasteiger partial charge in [-0.3, -0.25) is 0 Å². The molecule has 1 aromatic rings. The van der Waals surface area contributed by atoms with Crippen molar-refractivity contribution in [3.63, 3.8) is 0 Å². The van der Waals surface area contributed by atoms with Crippen LogP contribution in [-0.2, 0) is 0 Å². The number of nitrogens with one attached hydrogen (secondary N) is 1. The van der Waals surface area contributed by atoms with Gasteiger partial charge in [0.05, 0.1) is 0 Å². The van der Waals surface area contributed by atoms with Gasteiger partial charge in [0.25, 0.3) is 0 Å². The zero-order valence-electron chi connectivity index (χ0n) is 8.14. The van der Waals surface area contributed by atoms with E-state index in [9.17, 15) is 0 Å². The molecule has 0 saturated carbocycles. The summed E-state index contributed by atoms with van der Waals surface area (Å²) in [5, 5.41) is 8.20. The Hall–Kier alpha value is -0.701. The van der Waals surface area contributed by atoms with Gasteiger partial charge < -0.3 is 0 Å². The number of hydrogen-bond acceptors (Lipinski definition) is 3. The van der Waals surface area contributed by atoms with Crippen LogP contribution in [0.5, 0.6) is 0 Å². The number of rotatable bonds is 4. The van der Waals surface area contributed by atoms with Crippen molar-refractivity contribution < 1.29 is 0 Å². The van der Waals surface area contributed by atoms with Crippen LogP contribution in [-0.4, -0.2) is 36.0 Å². The molecule has 80 valence electrons. The van der Waals surface area contributed by atoms with E-state index in [0.717, 1.165) is 12.1 Å². The third-order valence-electron chi connectivity index (χ3n) is 2.04. The number of benzene rings is 1. The van der Waals surface area contributed by atoms with E-state index in [0.29, 0.717) is 25.8 Å². The predicted octanol–water partition coefficient (Wildman–Crippen LogP) is 1.93. The van der Waals surface area contributed by atoms with Crippen LogP contribution >= 0.6 is 11.6 Å². The van der Waals surface area contributed by atoms with Crippen LogP contribution in [0, 0.1) is 0 Å². The van der Waals surface area contributed by atoms with Crippen LogP contribution < -0.4 is 5.43 Å². The van der Waals surface area contributed by atoms with E-state index in [4.69, 9.17) is 11.6 Å². The van der Waals surface area contributed by atoms with Gasteiger partial charge in [0.2, 0.25) is 0 Å². The molecule has 1 aliphatic rings. The molecule has 0 saturated heterocycles. The fourth-order valence-electron chi connectivity index (χ4n) is 1.31. The Bertz CT molecular complexity index is 331. The van der Waals surface area contributed by atoms with Crippen LogP contribution in [0.4, 0.5) is 5.69 Å². The van der Waals surface area contributed by atoms with E-state index in [-0.39, 0.29) is 0 Å². The zero-order valence-corrected chi connectivity index (χ0v) is 10.6. The molecule has 1 unspecified atom stereocenters. The first-order valence-electron chi connectivity index (χ1n) is 4.75. The van der Waals surface area contributed by atoms with Gasteiger partial charge >= 0.3 is 101 Å². The average molecular weight is 289 g/mol. The molecule has 1 aromatic carbocycles. The fourth-order valence-corrected chi connectivity index (χ4v) is 3.43. The van der Waals surface area contributed by atoms with Gasteiger partial charge in [-0.05, 0) is 0 Å². The van der Waals surface area contributed by atoms with Gasteiger partial charge in [0.1, 0.15) is 0 Å². The molecule has 0 aliphatic carbocycles. The molecule has 0 radical (unpaired) electrons. The average Bonchev–Trinajstić information content (AvgIpc) is 2.68. The van der Waals surface area contributed by atoms with E-state index in [2.05, 4.69) is 10.5 Å². The first-order chi connectivity index (χ1) is 7.40. The van der Waals surface area contributed by atoms with Gasteiger partial charge in [-0.15, -0.1) is 0 Å². The molecule has 0 aromatic heterocycles. The van der Waals surface area contributed by atoms with Crippen molar-refractivity contribution in [2.45, 2.75) is 11.4 Å².